The highest BCUT2D eigenvalue weighted by atomic mass is 32.1. The van der Waals surface area contributed by atoms with Crippen molar-refractivity contribution in [3.8, 4) is 10.4 Å². The van der Waals surface area contributed by atoms with E-state index >= 15 is 0 Å². The first kappa shape index (κ1) is 19.9. The molecule has 2 heterocycles. The van der Waals surface area contributed by atoms with Crippen LogP contribution in [-0.4, -0.2) is 36.3 Å². The Bertz CT molecular complexity index is 861. The highest BCUT2D eigenvalue weighted by molar-refractivity contribution is 7.13. The summed E-state index contributed by atoms with van der Waals surface area (Å²) >= 11 is 1.73. The van der Waals surface area contributed by atoms with E-state index in [0.717, 1.165) is 12.8 Å². The number of likely N-dealkylation sites (tertiary alicyclic amines) is 1. The zero-order valence-corrected chi connectivity index (χ0v) is 17.5. The van der Waals surface area contributed by atoms with Gasteiger partial charge in [0.15, 0.2) is 0 Å². The highest BCUT2D eigenvalue weighted by Crippen LogP contribution is 2.39. The van der Waals surface area contributed by atoms with Crippen molar-refractivity contribution < 1.29 is 9.59 Å². The summed E-state index contributed by atoms with van der Waals surface area (Å²) in [7, 11) is 0. The molecule has 1 aliphatic heterocycles. The first-order valence-corrected chi connectivity index (χ1v) is 11.3. The van der Waals surface area contributed by atoms with Gasteiger partial charge < -0.3 is 10.2 Å². The van der Waals surface area contributed by atoms with Gasteiger partial charge in [0.25, 0.3) is 0 Å². The van der Waals surface area contributed by atoms with E-state index in [4.69, 9.17) is 0 Å². The normalized spacial score (nSPS) is 18.3. The third-order valence-electron chi connectivity index (χ3n) is 6.15. The van der Waals surface area contributed by atoms with Crippen molar-refractivity contribution in [3.05, 3.63) is 60.0 Å². The lowest BCUT2D eigenvalue weighted by atomic mass is 9.72. The summed E-state index contributed by atoms with van der Waals surface area (Å²) < 4.78 is 0. The van der Waals surface area contributed by atoms with Gasteiger partial charge in [0, 0.05) is 30.4 Å². The predicted molar refractivity (Wildman–Crippen MR) is 118 cm³/mol. The molecule has 5 heteroatoms. The van der Waals surface area contributed by atoms with Crippen molar-refractivity contribution in [2.24, 2.45) is 11.3 Å². The molecule has 2 fully saturated rings. The lowest BCUT2D eigenvalue weighted by Gasteiger charge is -2.41. The molecule has 0 radical (unpaired) electrons. The van der Waals surface area contributed by atoms with Crippen molar-refractivity contribution in [1.82, 2.24) is 10.2 Å². The van der Waals surface area contributed by atoms with Gasteiger partial charge in [-0.15, -0.1) is 17.9 Å². The van der Waals surface area contributed by atoms with E-state index in [-0.39, 0.29) is 17.7 Å². The quantitative estimate of drug-likeness (QED) is 0.695. The van der Waals surface area contributed by atoms with Crippen LogP contribution < -0.4 is 5.32 Å². The topological polar surface area (TPSA) is 49.4 Å². The molecule has 152 valence electrons. The van der Waals surface area contributed by atoms with Crippen LogP contribution in [0.5, 0.6) is 0 Å². The van der Waals surface area contributed by atoms with Crippen LogP contribution in [0.15, 0.2) is 54.4 Å². The Labute approximate surface area is 176 Å². The van der Waals surface area contributed by atoms with Gasteiger partial charge in [-0.3, -0.25) is 9.59 Å². The summed E-state index contributed by atoms with van der Waals surface area (Å²) in [4.78, 5) is 28.8. The number of piperidine rings is 1. The van der Waals surface area contributed by atoms with Crippen LogP contribution in [0.4, 0.5) is 0 Å². The van der Waals surface area contributed by atoms with Crippen LogP contribution in [0.1, 0.15) is 31.2 Å². The Hall–Kier alpha value is -2.40. The monoisotopic (exact) mass is 408 g/mol. The van der Waals surface area contributed by atoms with Gasteiger partial charge in [0.05, 0.1) is 5.41 Å². The fourth-order valence-electron chi connectivity index (χ4n) is 4.20. The first-order chi connectivity index (χ1) is 14.1. The van der Waals surface area contributed by atoms with Crippen LogP contribution in [-0.2, 0) is 16.0 Å². The number of amides is 2. The third-order valence-corrected chi connectivity index (χ3v) is 7.07. The minimum absolute atomic E-state index is 0.0817. The Kier molecular flexibility index (Phi) is 5.86. The smallest absolute Gasteiger partial charge is 0.226 e. The van der Waals surface area contributed by atoms with Gasteiger partial charge in [-0.25, -0.2) is 0 Å². The van der Waals surface area contributed by atoms with Crippen molar-refractivity contribution in [3.63, 3.8) is 0 Å². The average Bonchev–Trinajstić information content (AvgIpc) is 3.46. The number of carbonyl (C=O) groups is 2. The maximum atomic E-state index is 13.1. The molecule has 1 saturated heterocycles. The molecule has 0 atom stereocenters. The Morgan fingerprint density at radius 3 is 2.48 bits per heavy atom. The van der Waals surface area contributed by atoms with E-state index in [9.17, 15) is 9.59 Å². The van der Waals surface area contributed by atoms with Gasteiger partial charge in [-0.2, -0.15) is 0 Å². The van der Waals surface area contributed by atoms with Crippen molar-refractivity contribution in [2.45, 2.75) is 32.1 Å². The number of rotatable bonds is 7. The largest absolute Gasteiger partial charge is 0.352 e. The summed E-state index contributed by atoms with van der Waals surface area (Å²) in [6.45, 7) is 5.53. The number of nitrogens with one attached hydrogen (secondary N) is 1. The molecule has 0 spiro atoms. The SMILES string of the molecule is C=CCNC(=O)C1(Cc2ccc(-c3cccs3)cc2)CCN(C(=O)C2CC2)CC1. The van der Waals surface area contributed by atoms with Crippen LogP contribution in [0.25, 0.3) is 10.4 Å². The fourth-order valence-corrected chi connectivity index (χ4v) is 4.93. The molecule has 1 aromatic heterocycles. The molecular weight excluding hydrogens is 380 g/mol. The van der Waals surface area contributed by atoms with Gasteiger partial charge in [0.2, 0.25) is 11.8 Å². The molecule has 2 amide bonds. The van der Waals surface area contributed by atoms with E-state index < -0.39 is 5.41 Å². The molecular formula is C24H28N2O2S. The second-order valence-corrected chi connectivity index (χ2v) is 9.18. The van der Waals surface area contributed by atoms with Crippen LogP contribution >= 0.6 is 11.3 Å². The average molecular weight is 409 g/mol. The molecule has 1 aromatic carbocycles. The third kappa shape index (κ3) is 4.45. The fraction of sp³-hybridized carbons (Fsp3) is 0.417. The minimum Gasteiger partial charge on any atom is -0.352 e. The van der Waals surface area contributed by atoms with E-state index in [2.05, 4.69) is 53.7 Å². The maximum absolute atomic E-state index is 13.1. The number of carbonyl (C=O) groups excluding carboxylic acids is 2. The van der Waals surface area contributed by atoms with E-state index in [1.165, 1.54) is 16.0 Å². The number of thiophene rings is 1. The predicted octanol–water partition coefficient (Wildman–Crippen LogP) is 4.28. The maximum Gasteiger partial charge on any atom is 0.226 e. The Morgan fingerprint density at radius 2 is 1.90 bits per heavy atom. The van der Waals surface area contributed by atoms with Crippen molar-refractivity contribution >= 4 is 23.2 Å². The molecule has 1 N–H and O–H groups in total. The molecule has 2 aromatic rings. The number of nitrogens with zero attached hydrogens (tertiary/aromatic N) is 1. The summed E-state index contributed by atoms with van der Waals surface area (Å²) in [6, 6.07) is 12.7. The van der Waals surface area contributed by atoms with E-state index in [1.807, 2.05) is 4.90 Å². The van der Waals surface area contributed by atoms with Gasteiger partial charge in [0.1, 0.15) is 0 Å². The Balaban J connectivity index is 1.49. The molecule has 2 aliphatic rings. The molecule has 1 aliphatic carbocycles. The minimum atomic E-state index is -0.464. The zero-order chi connectivity index (χ0) is 20.3. The summed E-state index contributed by atoms with van der Waals surface area (Å²) in [6.07, 6.45) is 5.88. The summed E-state index contributed by atoms with van der Waals surface area (Å²) in [5.41, 5.74) is 1.91. The van der Waals surface area contributed by atoms with Crippen LogP contribution in [0.2, 0.25) is 0 Å². The zero-order valence-electron chi connectivity index (χ0n) is 16.7. The van der Waals surface area contributed by atoms with Crippen molar-refractivity contribution in [2.75, 3.05) is 19.6 Å². The van der Waals surface area contributed by atoms with E-state index in [0.29, 0.717) is 38.9 Å². The summed E-state index contributed by atoms with van der Waals surface area (Å²) in [5.74, 6) is 0.602. The molecule has 4 nitrogen and oxygen atoms in total. The second kappa shape index (κ2) is 8.54. The molecule has 0 unspecified atom stereocenters. The lowest BCUT2D eigenvalue weighted by molar-refractivity contribution is -0.141. The molecule has 29 heavy (non-hydrogen) atoms. The molecule has 1 saturated carbocycles. The van der Waals surface area contributed by atoms with Gasteiger partial charge >= 0.3 is 0 Å². The van der Waals surface area contributed by atoms with Gasteiger partial charge in [-0.05, 0) is 54.7 Å². The number of benzene rings is 1. The lowest BCUT2D eigenvalue weighted by Crippen LogP contribution is -2.51. The molecule has 0 bridgehead atoms. The van der Waals surface area contributed by atoms with Gasteiger partial charge in [-0.1, -0.05) is 36.4 Å². The van der Waals surface area contributed by atoms with E-state index in [1.54, 1.807) is 17.4 Å². The second-order valence-electron chi connectivity index (χ2n) is 8.23. The standard InChI is InChI=1S/C24H28N2O2S/c1-2-13-25-23(28)24(11-14-26(15-12-24)22(27)20-9-10-20)17-18-5-7-19(8-6-18)21-4-3-16-29-21/h2-8,16,20H,1,9-15,17H2,(H,25,28). The van der Waals surface area contributed by atoms with Crippen LogP contribution in [0.3, 0.4) is 0 Å². The summed E-state index contributed by atoms with van der Waals surface area (Å²) in [5, 5.41) is 5.10. The molecule has 4 rings (SSSR count). The Morgan fingerprint density at radius 1 is 1.17 bits per heavy atom. The highest BCUT2D eigenvalue weighted by Gasteiger charge is 2.44. The van der Waals surface area contributed by atoms with Crippen LogP contribution in [0, 0.1) is 11.3 Å². The first-order valence-electron chi connectivity index (χ1n) is 10.4. The van der Waals surface area contributed by atoms with Crippen molar-refractivity contribution in [1.29, 1.82) is 0 Å². The number of hydrogen-bond acceptors (Lipinski definition) is 3. The number of hydrogen-bond donors (Lipinski definition) is 1.